The number of rotatable bonds is 2. The Bertz CT molecular complexity index is 578. The first-order valence-electron chi connectivity index (χ1n) is 4.85. The van der Waals surface area contributed by atoms with E-state index in [9.17, 15) is 4.79 Å². The number of para-hydroxylation sites is 1. The average Bonchev–Trinajstić information content (AvgIpc) is 2.62. The summed E-state index contributed by atoms with van der Waals surface area (Å²) < 4.78 is 4.80. The minimum atomic E-state index is -0.462. The zero-order valence-corrected chi connectivity index (χ0v) is 8.78. The van der Waals surface area contributed by atoms with E-state index in [2.05, 4.69) is 4.98 Å². The maximum atomic E-state index is 11.7. The van der Waals surface area contributed by atoms with Crippen molar-refractivity contribution in [2.45, 2.75) is 6.92 Å². The van der Waals surface area contributed by atoms with Gasteiger partial charge in [0, 0.05) is 16.6 Å². The number of ether oxygens (including phenoxy) is 1. The first kappa shape index (κ1) is 10.2. The molecule has 0 atom stereocenters. The normalized spacial score (nSPS) is 10.0. The average molecular weight is 214 g/mol. The molecule has 80 valence electrons. The molecule has 0 amide bonds. The highest BCUT2D eigenvalue weighted by Gasteiger charge is 2.16. The molecule has 0 aliphatic heterocycles. The molecule has 0 radical (unpaired) electrons. The molecule has 0 fully saturated rings. The molecule has 0 spiro atoms. The Morgan fingerprint density at radius 3 is 3.00 bits per heavy atom. The van der Waals surface area contributed by atoms with Gasteiger partial charge in [0.05, 0.1) is 5.56 Å². The molecule has 0 aliphatic rings. The highest BCUT2D eigenvalue weighted by Crippen LogP contribution is 2.22. The molecule has 0 saturated heterocycles. The fourth-order valence-electron chi connectivity index (χ4n) is 1.71. The Morgan fingerprint density at radius 2 is 2.25 bits per heavy atom. The van der Waals surface area contributed by atoms with Crippen LogP contribution < -0.4 is 0 Å². The van der Waals surface area contributed by atoms with E-state index < -0.39 is 5.97 Å². The van der Waals surface area contributed by atoms with Crippen molar-refractivity contribution in [2.24, 2.45) is 0 Å². The number of esters is 1. The molecule has 0 unspecified atom stereocenters. The lowest BCUT2D eigenvalue weighted by Crippen LogP contribution is -2.06. The van der Waals surface area contributed by atoms with Crippen LogP contribution in [0.15, 0.2) is 24.3 Å². The van der Waals surface area contributed by atoms with E-state index in [1.807, 2.05) is 31.2 Å². The van der Waals surface area contributed by atoms with Crippen LogP contribution >= 0.6 is 0 Å². The number of hydrogen-bond donors (Lipinski definition) is 1. The van der Waals surface area contributed by atoms with Gasteiger partial charge in [-0.3, -0.25) is 0 Å². The third kappa shape index (κ3) is 1.63. The number of nitriles is 1. The summed E-state index contributed by atoms with van der Waals surface area (Å²) in [5.74, 6) is -0.462. The first-order valence-corrected chi connectivity index (χ1v) is 4.85. The fourth-order valence-corrected chi connectivity index (χ4v) is 1.71. The topological polar surface area (TPSA) is 65.9 Å². The number of H-pyrrole nitrogens is 1. The largest absolute Gasteiger partial charge is 0.447 e. The number of carbonyl (C=O) groups is 1. The maximum absolute atomic E-state index is 11.7. The van der Waals surface area contributed by atoms with Gasteiger partial charge in [0.1, 0.15) is 6.07 Å². The highest BCUT2D eigenvalue weighted by atomic mass is 16.5. The van der Waals surface area contributed by atoms with E-state index in [-0.39, 0.29) is 6.61 Å². The highest BCUT2D eigenvalue weighted by molar-refractivity contribution is 6.05. The molecule has 1 aromatic carbocycles. The van der Waals surface area contributed by atoms with Gasteiger partial charge in [0.15, 0.2) is 6.61 Å². The van der Waals surface area contributed by atoms with Gasteiger partial charge in [-0.25, -0.2) is 4.79 Å². The maximum Gasteiger partial charge on any atom is 0.341 e. The smallest absolute Gasteiger partial charge is 0.341 e. The van der Waals surface area contributed by atoms with Crippen molar-refractivity contribution >= 4 is 16.9 Å². The van der Waals surface area contributed by atoms with Crippen LogP contribution in [0.4, 0.5) is 0 Å². The van der Waals surface area contributed by atoms with Gasteiger partial charge in [0.2, 0.25) is 0 Å². The second kappa shape index (κ2) is 4.07. The van der Waals surface area contributed by atoms with Gasteiger partial charge < -0.3 is 9.72 Å². The van der Waals surface area contributed by atoms with E-state index in [1.54, 1.807) is 6.07 Å². The van der Waals surface area contributed by atoms with Gasteiger partial charge in [-0.05, 0) is 13.0 Å². The van der Waals surface area contributed by atoms with Crippen LogP contribution in [0.1, 0.15) is 16.1 Å². The number of aromatic amines is 1. The predicted molar refractivity (Wildman–Crippen MR) is 58.9 cm³/mol. The second-order valence-corrected chi connectivity index (χ2v) is 3.40. The van der Waals surface area contributed by atoms with Crippen molar-refractivity contribution in [3.05, 3.63) is 35.5 Å². The molecule has 1 heterocycles. The Hall–Kier alpha value is -2.28. The summed E-state index contributed by atoms with van der Waals surface area (Å²) in [6, 6.07) is 9.27. The molecular weight excluding hydrogens is 204 g/mol. The van der Waals surface area contributed by atoms with Crippen LogP contribution in [0.3, 0.4) is 0 Å². The van der Waals surface area contributed by atoms with Crippen molar-refractivity contribution < 1.29 is 9.53 Å². The Morgan fingerprint density at radius 1 is 1.50 bits per heavy atom. The van der Waals surface area contributed by atoms with Crippen molar-refractivity contribution in [3.8, 4) is 6.07 Å². The number of hydrogen-bond acceptors (Lipinski definition) is 3. The molecule has 2 aromatic rings. The van der Waals surface area contributed by atoms with Crippen LogP contribution in [0.2, 0.25) is 0 Å². The van der Waals surface area contributed by atoms with Gasteiger partial charge in [-0.1, -0.05) is 18.2 Å². The summed E-state index contributed by atoms with van der Waals surface area (Å²) in [5.41, 5.74) is 2.15. The zero-order chi connectivity index (χ0) is 11.5. The van der Waals surface area contributed by atoms with Crippen molar-refractivity contribution in [3.63, 3.8) is 0 Å². The molecule has 4 nitrogen and oxygen atoms in total. The van der Waals surface area contributed by atoms with E-state index in [0.29, 0.717) is 5.56 Å². The van der Waals surface area contributed by atoms with Crippen molar-refractivity contribution in [1.82, 2.24) is 4.98 Å². The van der Waals surface area contributed by atoms with Crippen LogP contribution in [0.25, 0.3) is 10.9 Å². The summed E-state index contributed by atoms with van der Waals surface area (Å²) in [5, 5.41) is 9.18. The summed E-state index contributed by atoms with van der Waals surface area (Å²) in [6.45, 7) is 1.58. The number of aryl methyl sites for hydroxylation is 1. The summed E-state index contributed by atoms with van der Waals surface area (Å²) in [7, 11) is 0. The summed E-state index contributed by atoms with van der Waals surface area (Å²) in [4.78, 5) is 14.8. The molecular formula is C12H10N2O2. The number of aromatic nitrogens is 1. The SMILES string of the molecule is Cc1[nH]c2ccccc2c1C(=O)OCC#N. The number of nitrogens with one attached hydrogen (secondary N) is 1. The number of benzene rings is 1. The lowest BCUT2D eigenvalue weighted by Gasteiger charge is -1.99. The monoisotopic (exact) mass is 214 g/mol. The van der Waals surface area contributed by atoms with Crippen molar-refractivity contribution in [1.29, 1.82) is 5.26 Å². The third-order valence-corrected chi connectivity index (χ3v) is 2.37. The van der Waals surface area contributed by atoms with Crippen LogP contribution in [0, 0.1) is 18.3 Å². The van der Waals surface area contributed by atoms with Crippen LogP contribution in [-0.2, 0) is 4.74 Å². The molecule has 1 aromatic heterocycles. The minimum absolute atomic E-state index is 0.224. The first-order chi connectivity index (χ1) is 7.74. The van der Waals surface area contributed by atoms with E-state index in [0.717, 1.165) is 16.6 Å². The minimum Gasteiger partial charge on any atom is -0.447 e. The standard InChI is InChI=1S/C12H10N2O2/c1-8-11(12(15)16-7-6-13)9-4-2-3-5-10(9)14-8/h2-5,14H,7H2,1H3. The number of nitrogens with zero attached hydrogens (tertiary/aromatic N) is 1. The second-order valence-electron chi connectivity index (χ2n) is 3.40. The summed E-state index contributed by atoms with van der Waals surface area (Å²) in [6.07, 6.45) is 0. The van der Waals surface area contributed by atoms with E-state index in [4.69, 9.17) is 10.00 Å². The molecule has 0 saturated carbocycles. The molecule has 1 N–H and O–H groups in total. The third-order valence-electron chi connectivity index (χ3n) is 2.37. The Labute approximate surface area is 92.4 Å². The van der Waals surface area contributed by atoms with Gasteiger partial charge in [-0.15, -0.1) is 0 Å². The lowest BCUT2D eigenvalue weighted by atomic mass is 10.1. The van der Waals surface area contributed by atoms with E-state index in [1.165, 1.54) is 0 Å². The Balaban J connectivity index is 2.47. The quantitative estimate of drug-likeness (QED) is 0.779. The van der Waals surface area contributed by atoms with Gasteiger partial charge in [0.25, 0.3) is 0 Å². The molecule has 0 bridgehead atoms. The molecule has 0 aliphatic carbocycles. The van der Waals surface area contributed by atoms with Crippen molar-refractivity contribution in [2.75, 3.05) is 6.61 Å². The predicted octanol–water partition coefficient (Wildman–Crippen LogP) is 2.16. The van der Waals surface area contributed by atoms with Gasteiger partial charge >= 0.3 is 5.97 Å². The molecule has 16 heavy (non-hydrogen) atoms. The number of fused-ring (bicyclic) bond motifs is 1. The van der Waals surface area contributed by atoms with Gasteiger partial charge in [-0.2, -0.15) is 5.26 Å². The number of carbonyl (C=O) groups excluding carboxylic acids is 1. The molecule has 4 heteroatoms. The van der Waals surface area contributed by atoms with E-state index >= 15 is 0 Å². The summed E-state index contributed by atoms with van der Waals surface area (Å²) >= 11 is 0. The zero-order valence-electron chi connectivity index (χ0n) is 8.78. The van der Waals surface area contributed by atoms with Crippen LogP contribution in [-0.4, -0.2) is 17.6 Å². The van der Waals surface area contributed by atoms with Crippen LogP contribution in [0.5, 0.6) is 0 Å². The fraction of sp³-hybridized carbons (Fsp3) is 0.167. The Kier molecular flexibility index (Phi) is 2.61. The lowest BCUT2D eigenvalue weighted by molar-refractivity contribution is 0.0556. The molecule has 2 rings (SSSR count).